The summed E-state index contributed by atoms with van der Waals surface area (Å²) in [7, 11) is -3.19. The third kappa shape index (κ3) is 3.84. The van der Waals surface area contributed by atoms with Crippen molar-refractivity contribution in [3.8, 4) is 10.6 Å². The predicted molar refractivity (Wildman–Crippen MR) is 92.2 cm³/mol. The van der Waals surface area contributed by atoms with Crippen molar-refractivity contribution >= 4 is 32.4 Å². The van der Waals surface area contributed by atoms with E-state index in [0.29, 0.717) is 29.7 Å². The summed E-state index contributed by atoms with van der Waals surface area (Å²) in [5, 5.41) is 1.90. The van der Waals surface area contributed by atoms with Gasteiger partial charge in [0.25, 0.3) is 5.56 Å². The van der Waals surface area contributed by atoms with E-state index < -0.39 is 10.0 Å². The van der Waals surface area contributed by atoms with Crippen molar-refractivity contribution in [2.45, 2.75) is 6.42 Å². The average Bonchev–Trinajstić information content (AvgIpc) is 2.99. The van der Waals surface area contributed by atoms with E-state index in [-0.39, 0.29) is 5.56 Å². The first-order chi connectivity index (χ1) is 10.9. The highest BCUT2D eigenvalue weighted by Crippen LogP contribution is 2.21. The Morgan fingerprint density at radius 3 is 2.83 bits per heavy atom. The smallest absolute Gasteiger partial charge is 0.275 e. The van der Waals surface area contributed by atoms with Crippen LogP contribution >= 0.6 is 11.3 Å². The second-order valence-corrected chi connectivity index (χ2v) is 7.94. The number of aromatic nitrogens is 2. The van der Waals surface area contributed by atoms with E-state index in [4.69, 9.17) is 0 Å². The Kier molecular flexibility index (Phi) is 4.29. The number of hydrogen-bond donors (Lipinski definition) is 2. The van der Waals surface area contributed by atoms with Crippen molar-refractivity contribution < 1.29 is 8.42 Å². The third-order valence-corrected chi connectivity index (χ3v) is 4.89. The van der Waals surface area contributed by atoms with E-state index in [2.05, 4.69) is 14.7 Å². The summed E-state index contributed by atoms with van der Waals surface area (Å²) in [6, 6.07) is 9.28. The van der Waals surface area contributed by atoms with Crippen LogP contribution in [0.1, 0.15) is 5.56 Å². The van der Waals surface area contributed by atoms with E-state index in [1.165, 1.54) is 11.3 Å². The van der Waals surface area contributed by atoms with Crippen molar-refractivity contribution in [3.63, 3.8) is 0 Å². The molecule has 2 heterocycles. The van der Waals surface area contributed by atoms with Crippen molar-refractivity contribution in [1.82, 2.24) is 14.7 Å². The molecule has 3 aromatic rings. The molecule has 0 fully saturated rings. The Morgan fingerprint density at radius 1 is 1.30 bits per heavy atom. The molecule has 23 heavy (non-hydrogen) atoms. The molecule has 0 bridgehead atoms. The van der Waals surface area contributed by atoms with Crippen LogP contribution in [0.2, 0.25) is 0 Å². The van der Waals surface area contributed by atoms with Crippen LogP contribution in [0, 0.1) is 0 Å². The van der Waals surface area contributed by atoms with Crippen LogP contribution in [-0.4, -0.2) is 31.2 Å². The van der Waals surface area contributed by atoms with Gasteiger partial charge < -0.3 is 4.98 Å². The summed E-state index contributed by atoms with van der Waals surface area (Å²) < 4.78 is 24.6. The number of sulfonamides is 1. The van der Waals surface area contributed by atoms with E-state index in [1.807, 2.05) is 35.7 Å². The van der Waals surface area contributed by atoms with Gasteiger partial charge in [-0.05, 0) is 35.6 Å². The zero-order valence-corrected chi connectivity index (χ0v) is 14.0. The topological polar surface area (TPSA) is 91.9 Å². The van der Waals surface area contributed by atoms with Crippen LogP contribution in [0.25, 0.3) is 21.6 Å². The van der Waals surface area contributed by atoms with E-state index in [1.54, 1.807) is 0 Å². The van der Waals surface area contributed by atoms with Crippen LogP contribution in [0.3, 0.4) is 0 Å². The maximum Gasteiger partial charge on any atom is 0.275 e. The molecule has 0 aliphatic rings. The van der Waals surface area contributed by atoms with Crippen molar-refractivity contribution in [1.29, 1.82) is 0 Å². The van der Waals surface area contributed by atoms with Crippen molar-refractivity contribution in [2.75, 3.05) is 12.8 Å². The van der Waals surface area contributed by atoms with Gasteiger partial charge in [0.2, 0.25) is 10.0 Å². The second-order valence-electron chi connectivity index (χ2n) is 5.16. The van der Waals surface area contributed by atoms with E-state index in [9.17, 15) is 13.2 Å². The fraction of sp³-hybridized carbons (Fsp3) is 0.200. The number of benzene rings is 1. The van der Waals surface area contributed by atoms with Crippen LogP contribution in [0.15, 0.2) is 40.5 Å². The largest absolute Gasteiger partial charge is 0.319 e. The zero-order valence-electron chi connectivity index (χ0n) is 12.4. The maximum atomic E-state index is 12.2. The molecule has 0 saturated carbocycles. The molecule has 2 aromatic heterocycles. The fourth-order valence-electron chi connectivity index (χ4n) is 2.25. The van der Waals surface area contributed by atoms with Crippen molar-refractivity contribution in [2.24, 2.45) is 0 Å². The van der Waals surface area contributed by atoms with Gasteiger partial charge in [-0.25, -0.2) is 18.1 Å². The zero-order chi connectivity index (χ0) is 16.4. The number of aromatic amines is 1. The lowest BCUT2D eigenvalue weighted by molar-refractivity contribution is 0.588. The molecule has 2 N–H and O–H groups in total. The minimum Gasteiger partial charge on any atom is -0.319 e. The highest BCUT2D eigenvalue weighted by molar-refractivity contribution is 7.88. The average molecular weight is 349 g/mol. The number of H-pyrrole nitrogens is 1. The summed E-state index contributed by atoms with van der Waals surface area (Å²) >= 11 is 1.47. The van der Waals surface area contributed by atoms with Gasteiger partial charge in [0.1, 0.15) is 5.69 Å². The molecular formula is C15H15N3O3S2. The standard InChI is InChI=1S/C15H15N3O3S2/c1-23(20,21)16-7-6-10-4-5-11-12(9-10)18-15(19)14(17-11)13-3-2-8-22-13/h2-5,8-9,16H,6-7H2,1H3,(H,18,19). The first kappa shape index (κ1) is 15.9. The molecule has 0 amide bonds. The summed E-state index contributed by atoms with van der Waals surface area (Å²) in [6.45, 7) is 0.315. The minimum absolute atomic E-state index is 0.230. The second kappa shape index (κ2) is 6.23. The van der Waals surface area contributed by atoms with Crippen LogP contribution in [-0.2, 0) is 16.4 Å². The van der Waals surface area contributed by atoms with Crippen molar-refractivity contribution in [3.05, 3.63) is 51.6 Å². The number of hydrogen-bond acceptors (Lipinski definition) is 5. The molecular weight excluding hydrogens is 334 g/mol. The predicted octanol–water partition coefficient (Wildman–Crippen LogP) is 1.74. The number of nitrogens with zero attached hydrogens (tertiary/aromatic N) is 1. The number of nitrogens with one attached hydrogen (secondary N) is 2. The lowest BCUT2D eigenvalue weighted by atomic mass is 10.1. The molecule has 120 valence electrons. The molecule has 8 heteroatoms. The molecule has 6 nitrogen and oxygen atoms in total. The quantitative estimate of drug-likeness (QED) is 0.734. The van der Waals surface area contributed by atoms with Gasteiger partial charge >= 0.3 is 0 Å². The molecule has 0 radical (unpaired) electrons. The summed E-state index contributed by atoms with van der Waals surface area (Å²) in [4.78, 5) is 20.3. The third-order valence-electron chi connectivity index (χ3n) is 3.29. The number of rotatable bonds is 5. The summed E-state index contributed by atoms with van der Waals surface area (Å²) in [5.74, 6) is 0. The van der Waals surface area contributed by atoms with Gasteiger partial charge in [-0.2, -0.15) is 0 Å². The lowest BCUT2D eigenvalue weighted by Gasteiger charge is -2.05. The molecule has 0 aliphatic carbocycles. The van der Waals surface area contributed by atoms with E-state index >= 15 is 0 Å². The monoisotopic (exact) mass is 349 g/mol. The Bertz CT molecular complexity index is 992. The highest BCUT2D eigenvalue weighted by Gasteiger charge is 2.09. The molecule has 0 unspecified atom stereocenters. The summed E-state index contributed by atoms with van der Waals surface area (Å²) in [5.41, 5.74) is 2.46. The normalized spacial score (nSPS) is 11.9. The molecule has 0 atom stereocenters. The first-order valence-electron chi connectivity index (χ1n) is 6.94. The van der Waals surface area contributed by atoms with Crippen LogP contribution < -0.4 is 10.3 Å². The lowest BCUT2D eigenvalue weighted by Crippen LogP contribution is -2.24. The van der Waals surface area contributed by atoms with Gasteiger partial charge in [-0.1, -0.05) is 12.1 Å². The number of thiophene rings is 1. The SMILES string of the molecule is CS(=O)(=O)NCCc1ccc2nc(-c3cccs3)c(=O)[nH]c2c1. The Labute approximate surface area is 137 Å². The Morgan fingerprint density at radius 2 is 2.13 bits per heavy atom. The Balaban J connectivity index is 1.89. The summed E-state index contributed by atoms with van der Waals surface area (Å²) in [6.07, 6.45) is 1.67. The molecule has 1 aromatic carbocycles. The molecule has 3 rings (SSSR count). The maximum absolute atomic E-state index is 12.2. The fourth-order valence-corrected chi connectivity index (χ4v) is 3.43. The number of fused-ring (bicyclic) bond motifs is 1. The van der Waals surface area contributed by atoms with Crippen LogP contribution in [0.4, 0.5) is 0 Å². The van der Waals surface area contributed by atoms with Gasteiger partial charge in [0.05, 0.1) is 22.2 Å². The van der Waals surface area contributed by atoms with Gasteiger partial charge in [0, 0.05) is 6.54 Å². The van der Waals surface area contributed by atoms with Gasteiger partial charge in [0.15, 0.2) is 0 Å². The van der Waals surface area contributed by atoms with Gasteiger partial charge in [-0.3, -0.25) is 4.79 Å². The Hall–Kier alpha value is -2.03. The highest BCUT2D eigenvalue weighted by atomic mass is 32.2. The van der Waals surface area contributed by atoms with Crippen LogP contribution in [0.5, 0.6) is 0 Å². The molecule has 0 spiro atoms. The first-order valence-corrected chi connectivity index (χ1v) is 9.71. The molecule has 0 aliphatic heterocycles. The van der Waals surface area contributed by atoms with E-state index in [0.717, 1.165) is 16.7 Å². The minimum atomic E-state index is -3.19. The molecule has 0 saturated heterocycles. The van der Waals surface area contributed by atoms with Gasteiger partial charge in [-0.15, -0.1) is 11.3 Å².